The van der Waals surface area contributed by atoms with Gasteiger partial charge in [0.05, 0.1) is 0 Å². The van der Waals surface area contributed by atoms with Gasteiger partial charge >= 0.3 is 0 Å². The molecule has 0 aliphatic heterocycles. The fourth-order valence-corrected chi connectivity index (χ4v) is 1.96. The summed E-state index contributed by atoms with van der Waals surface area (Å²) < 4.78 is 1.30. The fourth-order valence-electron chi connectivity index (χ4n) is 1.60. The Bertz CT molecular complexity index is 282. The molecule has 0 radical (unpaired) electrons. The van der Waals surface area contributed by atoms with Crippen molar-refractivity contribution in [3.63, 3.8) is 0 Å². The lowest BCUT2D eigenvalue weighted by molar-refractivity contribution is 0.346. The number of rotatable bonds is 5. The van der Waals surface area contributed by atoms with E-state index in [1.165, 1.54) is 9.13 Å². The molecule has 0 aliphatic rings. The van der Waals surface area contributed by atoms with Gasteiger partial charge in [0.2, 0.25) is 0 Å². The second-order valence-electron chi connectivity index (χ2n) is 4.08. The average molecular weight is 318 g/mol. The van der Waals surface area contributed by atoms with Crippen LogP contribution in [0.2, 0.25) is 0 Å². The Morgan fingerprint density at radius 1 is 1.27 bits per heavy atom. The van der Waals surface area contributed by atoms with E-state index >= 15 is 0 Å². The topological polar surface area (TPSA) is 15.3 Å². The summed E-state index contributed by atoms with van der Waals surface area (Å²) in [6.07, 6.45) is 1.09. The van der Waals surface area contributed by atoms with Crippen LogP contribution < -0.4 is 5.32 Å². The van der Waals surface area contributed by atoms with Gasteiger partial charge in [0.25, 0.3) is 0 Å². The summed E-state index contributed by atoms with van der Waals surface area (Å²) in [6, 6.07) is 9.28. The number of nitrogens with one attached hydrogen (secondary N) is 1. The number of halogens is 1. The molecule has 0 saturated heterocycles. The van der Waals surface area contributed by atoms with Gasteiger partial charge in [0.1, 0.15) is 0 Å². The second-order valence-corrected chi connectivity index (χ2v) is 5.32. The summed E-state index contributed by atoms with van der Waals surface area (Å²) in [4.78, 5) is 2.22. The van der Waals surface area contributed by atoms with Crippen LogP contribution in [0.15, 0.2) is 24.3 Å². The zero-order valence-electron chi connectivity index (χ0n) is 9.63. The highest BCUT2D eigenvalue weighted by Crippen LogP contribution is 2.09. The summed E-state index contributed by atoms with van der Waals surface area (Å²) in [6.45, 7) is 1.07. The largest absolute Gasteiger partial charge is 0.315 e. The summed E-state index contributed by atoms with van der Waals surface area (Å²) in [5, 5.41) is 3.35. The van der Waals surface area contributed by atoms with Crippen molar-refractivity contribution < 1.29 is 0 Å². The van der Waals surface area contributed by atoms with Crippen molar-refractivity contribution in [2.45, 2.75) is 12.5 Å². The minimum atomic E-state index is 0.528. The molecule has 1 N–H and O–H groups in total. The van der Waals surface area contributed by atoms with Crippen molar-refractivity contribution in [2.24, 2.45) is 0 Å². The van der Waals surface area contributed by atoms with Crippen LogP contribution in [-0.2, 0) is 6.42 Å². The van der Waals surface area contributed by atoms with Gasteiger partial charge < -0.3 is 10.2 Å². The van der Waals surface area contributed by atoms with Crippen molar-refractivity contribution in [1.82, 2.24) is 10.2 Å². The molecule has 1 rings (SSSR count). The minimum absolute atomic E-state index is 0.528. The molecule has 15 heavy (non-hydrogen) atoms. The van der Waals surface area contributed by atoms with Crippen molar-refractivity contribution in [1.29, 1.82) is 0 Å². The van der Waals surface area contributed by atoms with Gasteiger partial charge in [-0.2, -0.15) is 0 Å². The molecule has 0 fully saturated rings. The Hall–Kier alpha value is -0.130. The van der Waals surface area contributed by atoms with Crippen molar-refractivity contribution >= 4 is 22.6 Å². The van der Waals surface area contributed by atoms with Gasteiger partial charge in [-0.05, 0) is 67.9 Å². The number of benzene rings is 1. The molecule has 1 unspecified atom stereocenters. The van der Waals surface area contributed by atoms with Crippen LogP contribution in [0.25, 0.3) is 0 Å². The van der Waals surface area contributed by atoms with E-state index in [1.54, 1.807) is 0 Å². The van der Waals surface area contributed by atoms with Gasteiger partial charge in [0, 0.05) is 16.2 Å². The summed E-state index contributed by atoms with van der Waals surface area (Å²) >= 11 is 2.34. The first kappa shape index (κ1) is 12.9. The second kappa shape index (κ2) is 6.45. The summed E-state index contributed by atoms with van der Waals surface area (Å²) in [5.74, 6) is 0. The lowest BCUT2D eigenvalue weighted by atomic mass is 10.1. The minimum Gasteiger partial charge on any atom is -0.315 e. The first-order valence-electron chi connectivity index (χ1n) is 5.18. The van der Waals surface area contributed by atoms with Crippen LogP contribution in [0.5, 0.6) is 0 Å². The highest BCUT2D eigenvalue weighted by atomic mass is 127. The lowest BCUT2D eigenvalue weighted by Gasteiger charge is -2.20. The van der Waals surface area contributed by atoms with E-state index in [2.05, 4.69) is 71.2 Å². The molecular formula is C12H19IN2. The molecule has 0 bridgehead atoms. The first-order chi connectivity index (χ1) is 7.11. The molecule has 0 saturated carbocycles. The van der Waals surface area contributed by atoms with E-state index in [4.69, 9.17) is 0 Å². The van der Waals surface area contributed by atoms with Crippen molar-refractivity contribution in [2.75, 3.05) is 27.7 Å². The Balaban J connectivity index is 2.54. The third-order valence-electron chi connectivity index (χ3n) is 2.39. The van der Waals surface area contributed by atoms with Gasteiger partial charge in [-0.1, -0.05) is 12.1 Å². The van der Waals surface area contributed by atoms with Gasteiger partial charge in [0.15, 0.2) is 0 Å². The Kier molecular flexibility index (Phi) is 5.56. The Morgan fingerprint density at radius 3 is 2.33 bits per heavy atom. The molecule has 84 valence electrons. The lowest BCUT2D eigenvalue weighted by Crippen LogP contribution is -2.37. The van der Waals surface area contributed by atoms with Crippen LogP contribution in [0.3, 0.4) is 0 Å². The van der Waals surface area contributed by atoms with Crippen LogP contribution >= 0.6 is 22.6 Å². The fraction of sp³-hybridized carbons (Fsp3) is 0.500. The van der Waals surface area contributed by atoms with Crippen molar-refractivity contribution in [3.8, 4) is 0 Å². The molecule has 2 nitrogen and oxygen atoms in total. The standard InChI is InChI=1S/C12H19IN2/c1-14-12(9-15(2)3)8-10-4-6-11(13)7-5-10/h4-7,12,14H,8-9H2,1-3H3. The molecule has 1 aromatic rings. The summed E-state index contributed by atoms with van der Waals surface area (Å²) in [5.41, 5.74) is 1.40. The average Bonchev–Trinajstić information content (AvgIpc) is 2.19. The third kappa shape index (κ3) is 4.95. The highest BCUT2D eigenvalue weighted by molar-refractivity contribution is 14.1. The zero-order valence-corrected chi connectivity index (χ0v) is 11.8. The van der Waals surface area contributed by atoms with Gasteiger partial charge in [-0.15, -0.1) is 0 Å². The monoisotopic (exact) mass is 318 g/mol. The van der Waals surface area contributed by atoms with Crippen LogP contribution in [0.1, 0.15) is 5.56 Å². The normalized spacial score (nSPS) is 13.1. The van der Waals surface area contributed by atoms with E-state index in [1.807, 2.05) is 7.05 Å². The zero-order chi connectivity index (χ0) is 11.3. The van der Waals surface area contributed by atoms with Crippen LogP contribution in [0.4, 0.5) is 0 Å². The molecule has 0 amide bonds. The Morgan fingerprint density at radius 2 is 1.87 bits per heavy atom. The number of nitrogens with zero attached hydrogens (tertiary/aromatic N) is 1. The molecule has 0 aromatic heterocycles. The van der Waals surface area contributed by atoms with E-state index in [0.29, 0.717) is 6.04 Å². The van der Waals surface area contributed by atoms with Crippen molar-refractivity contribution in [3.05, 3.63) is 33.4 Å². The number of likely N-dealkylation sites (N-methyl/N-ethyl adjacent to an activating group) is 2. The molecule has 1 atom stereocenters. The molecule has 0 aliphatic carbocycles. The predicted molar refractivity (Wildman–Crippen MR) is 74.3 cm³/mol. The predicted octanol–water partition coefficient (Wildman–Crippen LogP) is 1.98. The first-order valence-corrected chi connectivity index (χ1v) is 6.26. The highest BCUT2D eigenvalue weighted by Gasteiger charge is 2.07. The van der Waals surface area contributed by atoms with E-state index in [9.17, 15) is 0 Å². The summed E-state index contributed by atoms with van der Waals surface area (Å²) in [7, 11) is 6.25. The molecular weight excluding hydrogens is 299 g/mol. The Labute approximate surface area is 106 Å². The van der Waals surface area contributed by atoms with E-state index in [-0.39, 0.29) is 0 Å². The molecule has 3 heteroatoms. The maximum absolute atomic E-state index is 3.35. The van der Waals surface area contributed by atoms with Gasteiger partial charge in [-0.3, -0.25) is 0 Å². The maximum atomic E-state index is 3.35. The third-order valence-corrected chi connectivity index (χ3v) is 3.11. The number of hydrogen-bond acceptors (Lipinski definition) is 2. The maximum Gasteiger partial charge on any atom is 0.0232 e. The van der Waals surface area contributed by atoms with Crippen LogP contribution in [0, 0.1) is 3.57 Å². The van der Waals surface area contributed by atoms with E-state index in [0.717, 1.165) is 13.0 Å². The quantitative estimate of drug-likeness (QED) is 0.835. The number of hydrogen-bond donors (Lipinski definition) is 1. The molecule has 0 heterocycles. The molecule has 1 aromatic carbocycles. The molecule has 0 spiro atoms. The van der Waals surface area contributed by atoms with E-state index < -0.39 is 0 Å². The smallest absolute Gasteiger partial charge is 0.0232 e. The van der Waals surface area contributed by atoms with Gasteiger partial charge in [-0.25, -0.2) is 0 Å². The SMILES string of the molecule is CNC(Cc1ccc(I)cc1)CN(C)C. The van der Waals surface area contributed by atoms with Crippen LogP contribution in [-0.4, -0.2) is 38.6 Å².